The second-order valence-electron chi connectivity index (χ2n) is 6.31. The minimum Gasteiger partial charge on any atom is -0.381 e. The van der Waals surface area contributed by atoms with Crippen LogP contribution in [0.3, 0.4) is 0 Å². The molecule has 110 valence electrons. The van der Waals surface area contributed by atoms with E-state index in [9.17, 15) is 0 Å². The summed E-state index contributed by atoms with van der Waals surface area (Å²) in [6, 6.07) is 2.05. The molecule has 2 aliphatic heterocycles. The zero-order valence-corrected chi connectivity index (χ0v) is 12.6. The van der Waals surface area contributed by atoms with Crippen molar-refractivity contribution in [2.45, 2.75) is 39.0 Å². The van der Waals surface area contributed by atoms with Crippen LogP contribution in [0.4, 0.5) is 0 Å². The number of likely N-dealkylation sites (tertiary alicyclic amines) is 1. The fraction of sp³-hybridized carbons (Fsp3) is 0.750. The Bertz CT molecular complexity index is 437. The van der Waals surface area contributed by atoms with Crippen LogP contribution in [0.25, 0.3) is 0 Å². The molecule has 0 aromatic carbocycles. The molecule has 1 aromatic rings. The van der Waals surface area contributed by atoms with Crippen LogP contribution in [0.5, 0.6) is 0 Å². The Labute approximate surface area is 121 Å². The Kier molecular flexibility index (Phi) is 4.32. The van der Waals surface area contributed by atoms with Crippen LogP contribution in [0.1, 0.15) is 42.4 Å². The Balaban J connectivity index is 1.58. The molecule has 20 heavy (non-hydrogen) atoms. The summed E-state index contributed by atoms with van der Waals surface area (Å²) in [6.45, 7) is 9.56. The summed E-state index contributed by atoms with van der Waals surface area (Å²) in [5, 5.41) is 0. The first kappa shape index (κ1) is 14.0. The van der Waals surface area contributed by atoms with Gasteiger partial charge >= 0.3 is 0 Å². The van der Waals surface area contributed by atoms with E-state index in [2.05, 4.69) is 34.8 Å². The monoisotopic (exact) mass is 275 g/mol. The fourth-order valence-corrected chi connectivity index (χ4v) is 3.44. The molecule has 1 aromatic heterocycles. The lowest BCUT2D eigenvalue weighted by molar-refractivity contribution is 0.0553. The molecule has 1 atom stereocenters. The first-order chi connectivity index (χ1) is 9.70. The van der Waals surface area contributed by atoms with Gasteiger partial charge in [0.25, 0.3) is 0 Å². The lowest BCUT2D eigenvalue weighted by Gasteiger charge is -2.26. The van der Waals surface area contributed by atoms with E-state index in [4.69, 9.17) is 4.74 Å². The van der Waals surface area contributed by atoms with Crippen molar-refractivity contribution in [2.24, 2.45) is 5.92 Å². The number of hydrogen-bond acceptors (Lipinski definition) is 4. The Morgan fingerprint density at radius 3 is 2.55 bits per heavy atom. The van der Waals surface area contributed by atoms with Gasteiger partial charge in [-0.05, 0) is 51.6 Å². The quantitative estimate of drug-likeness (QED) is 0.848. The van der Waals surface area contributed by atoms with Crippen molar-refractivity contribution in [1.29, 1.82) is 0 Å². The summed E-state index contributed by atoms with van der Waals surface area (Å²) >= 11 is 0. The molecule has 0 saturated carbocycles. The van der Waals surface area contributed by atoms with E-state index in [0.717, 1.165) is 42.9 Å². The SMILES string of the molecule is Cc1cc(C)nc(C2CCN(CC3CCOCC3)C2)n1. The van der Waals surface area contributed by atoms with Crippen LogP contribution in [-0.4, -0.2) is 47.7 Å². The van der Waals surface area contributed by atoms with E-state index >= 15 is 0 Å². The zero-order valence-electron chi connectivity index (χ0n) is 12.6. The molecule has 0 N–H and O–H groups in total. The minimum atomic E-state index is 0.522. The highest BCUT2D eigenvalue weighted by atomic mass is 16.5. The average molecular weight is 275 g/mol. The highest BCUT2D eigenvalue weighted by Gasteiger charge is 2.28. The van der Waals surface area contributed by atoms with Crippen molar-refractivity contribution >= 4 is 0 Å². The third-order valence-corrected chi connectivity index (χ3v) is 4.49. The zero-order chi connectivity index (χ0) is 13.9. The molecular formula is C16H25N3O. The van der Waals surface area contributed by atoms with Gasteiger partial charge in [-0.1, -0.05) is 0 Å². The molecule has 2 saturated heterocycles. The first-order valence-corrected chi connectivity index (χ1v) is 7.83. The Morgan fingerprint density at radius 1 is 1.15 bits per heavy atom. The normalized spacial score (nSPS) is 25.2. The molecule has 0 amide bonds. The lowest BCUT2D eigenvalue weighted by atomic mass is 10.00. The van der Waals surface area contributed by atoms with E-state index in [1.165, 1.54) is 32.4 Å². The van der Waals surface area contributed by atoms with E-state index < -0.39 is 0 Å². The van der Waals surface area contributed by atoms with Gasteiger partial charge in [0.1, 0.15) is 5.82 Å². The van der Waals surface area contributed by atoms with Gasteiger partial charge in [0.15, 0.2) is 0 Å². The largest absolute Gasteiger partial charge is 0.381 e. The van der Waals surface area contributed by atoms with Crippen molar-refractivity contribution in [2.75, 3.05) is 32.8 Å². The molecule has 4 nitrogen and oxygen atoms in total. The van der Waals surface area contributed by atoms with Gasteiger partial charge in [-0.25, -0.2) is 9.97 Å². The smallest absolute Gasteiger partial charge is 0.133 e. The van der Waals surface area contributed by atoms with E-state index in [1.54, 1.807) is 0 Å². The number of ether oxygens (including phenoxy) is 1. The van der Waals surface area contributed by atoms with Crippen LogP contribution in [0.15, 0.2) is 6.07 Å². The summed E-state index contributed by atoms with van der Waals surface area (Å²) < 4.78 is 5.44. The molecule has 4 heteroatoms. The predicted molar refractivity (Wildman–Crippen MR) is 78.8 cm³/mol. The van der Waals surface area contributed by atoms with Gasteiger partial charge in [-0.15, -0.1) is 0 Å². The number of aromatic nitrogens is 2. The summed E-state index contributed by atoms with van der Waals surface area (Å²) in [7, 11) is 0. The van der Waals surface area contributed by atoms with Gasteiger partial charge in [0.2, 0.25) is 0 Å². The van der Waals surface area contributed by atoms with Crippen molar-refractivity contribution in [3.63, 3.8) is 0 Å². The molecule has 1 unspecified atom stereocenters. The minimum absolute atomic E-state index is 0.522. The number of aryl methyl sites for hydroxylation is 2. The number of rotatable bonds is 3. The molecule has 3 rings (SSSR count). The van der Waals surface area contributed by atoms with Crippen LogP contribution in [0.2, 0.25) is 0 Å². The van der Waals surface area contributed by atoms with Crippen LogP contribution < -0.4 is 0 Å². The lowest BCUT2D eigenvalue weighted by Crippen LogP contribution is -2.30. The van der Waals surface area contributed by atoms with Gasteiger partial charge < -0.3 is 9.64 Å². The van der Waals surface area contributed by atoms with E-state index in [0.29, 0.717) is 5.92 Å². The van der Waals surface area contributed by atoms with Crippen molar-refractivity contribution in [3.8, 4) is 0 Å². The predicted octanol–water partition coefficient (Wildman–Crippen LogP) is 2.31. The van der Waals surface area contributed by atoms with Gasteiger partial charge in [0.05, 0.1) is 0 Å². The Hall–Kier alpha value is -1.00. The van der Waals surface area contributed by atoms with Gasteiger partial charge in [-0.3, -0.25) is 0 Å². The van der Waals surface area contributed by atoms with Crippen molar-refractivity contribution in [3.05, 3.63) is 23.3 Å². The Morgan fingerprint density at radius 2 is 1.85 bits per heavy atom. The average Bonchev–Trinajstić information content (AvgIpc) is 2.87. The molecule has 0 bridgehead atoms. The van der Waals surface area contributed by atoms with Crippen LogP contribution >= 0.6 is 0 Å². The summed E-state index contributed by atoms with van der Waals surface area (Å²) in [5.41, 5.74) is 2.19. The van der Waals surface area contributed by atoms with Crippen molar-refractivity contribution < 1.29 is 4.74 Å². The summed E-state index contributed by atoms with van der Waals surface area (Å²) in [4.78, 5) is 11.9. The van der Waals surface area contributed by atoms with Crippen LogP contribution in [0, 0.1) is 19.8 Å². The number of hydrogen-bond donors (Lipinski definition) is 0. The highest BCUT2D eigenvalue weighted by molar-refractivity contribution is 5.12. The van der Waals surface area contributed by atoms with Crippen molar-refractivity contribution in [1.82, 2.24) is 14.9 Å². The molecule has 0 aliphatic carbocycles. The standard InChI is InChI=1S/C16H25N3O/c1-12-9-13(2)18-16(17-12)15-3-6-19(11-15)10-14-4-7-20-8-5-14/h9,14-15H,3-8,10-11H2,1-2H3. The molecular weight excluding hydrogens is 250 g/mol. The summed E-state index contributed by atoms with van der Waals surface area (Å²) in [6.07, 6.45) is 3.65. The third kappa shape index (κ3) is 3.36. The van der Waals surface area contributed by atoms with Crippen LogP contribution in [-0.2, 0) is 4.74 Å². The maximum absolute atomic E-state index is 5.44. The number of nitrogens with zero attached hydrogens (tertiary/aromatic N) is 3. The summed E-state index contributed by atoms with van der Waals surface area (Å²) in [5.74, 6) is 2.40. The maximum Gasteiger partial charge on any atom is 0.133 e. The second kappa shape index (κ2) is 6.19. The molecule has 0 spiro atoms. The molecule has 2 aliphatic rings. The molecule has 0 radical (unpaired) electrons. The first-order valence-electron chi connectivity index (χ1n) is 7.83. The second-order valence-corrected chi connectivity index (χ2v) is 6.31. The maximum atomic E-state index is 5.44. The van der Waals surface area contributed by atoms with Gasteiger partial charge in [0, 0.05) is 43.6 Å². The van der Waals surface area contributed by atoms with E-state index in [1.807, 2.05) is 0 Å². The molecule has 2 fully saturated rings. The highest BCUT2D eigenvalue weighted by Crippen LogP contribution is 2.27. The topological polar surface area (TPSA) is 38.2 Å². The molecule has 3 heterocycles. The third-order valence-electron chi connectivity index (χ3n) is 4.49. The van der Waals surface area contributed by atoms with E-state index in [-0.39, 0.29) is 0 Å². The van der Waals surface area contributed by atoms with Gasteiger partial charge in [-0.2, -0.15) is 0 Å². The fourth-order valence-electron chi connectivity index (χ4n) is 3.44.